The monoisotopic (exact) mass is 465 g/mol. The first kappa shape index (κ1) is 22.7. The fourth-order valence-electron chi connectivity index (χ4n) is 4.05. The Bertz CT molecular complexity index is 1060. The molecule has 32 heavy (non-hydrogen) atoms. The summed E-state index contributed by atoms with van der Waals surface area (Å²) in [6, 6.07) is 21.1. The predicted molar refractivity (Wildman–Crippen MR) is 139 cm³/mol. The maximum Gasteiger partial charge on any atom is 0.261 e. The number of nitrogens with zero attached hydrogens (tertiary/aromatic N) is 2. The number of nitrogens with one attached hydrogen (secondary N) is 1. The molecule has 1 aromatic heterocycles. The first-order chi connectivity index (χ1) is 15.5. The number of para-hydroxylation sites is 1. The highest BCUT2D eigenvalue weighted by Crippen LogP contribution is 2.43. The van der Waals surface area contributed by atoms with Crippen molar-refractivity contribution in [2.24, 2.45) is 0 Å². The van der Waals surface area contributed by atoms with Crippen molar-refractivity contribution >= 4 is 45.4 Å². The van der Waals surface area contributed by atoms with Gasteiger partial charge in [0, 0.05) is 42.0 Å². The van der Waals surface area contributed by atoms with Gasteiger partial charge >= 0.3 is 0 Å². The molecule has 0 fully saturated rings. The molecule has 0 bridgehead atoms. The Morgan fingerprint density at radius 3 is 2.81 bits per heavy atom. The van der Waals surface area contributed by atoms with Crippen molar-refractivity contribution in [3.63, 3.8) is 0 Å². The van der Waals surface area contributed by atoms with Gasteiger partial charge in [0.1, 0.15) is 0 Å². The van der Waals surface area contributed by atoms with Crippen molar-refractivity contribution in [1.82, 2.24) is 5.32 Å². The second kappa shape index (κ2) is 10.5. The number of hydrogen-bond acceptors (Lipinski definition) is 5. The summed E-state index contributed by atoms with van der Waals surface area (Å²) in [4.78, 5) is 19.5. The minimum atomic E-state index is 0.0209. The summed E-state index contributed by atoms with van der Waals surface area (Å²) in [5.74, 6) is 0.0209. The lowest BCUT2D eigenvalue weighted by Gasteiger charge is -2.33. The zero-order chi connectivity index (χ0) is 22.5. The van der Waals surface area contributed by atoms with E-state index in [0.717, 1.165) is 35.9 Å². The summed E-state index contributed by atoms with van der Waals surface area (Å²) < 4.78 is 0. The van der Waals surface area contributed by atoms with Gasteiger partial charge in [-0.1, -0.05) is 31.2 Å². The predicted octanol–water partition coefficient (Wildman–Crippen LogP) is 6.34. The Hall–Kier alpha value is -2.44. The summed E-state index contributed by atoms with van der Waals surface area (Å²) in [5, 5.41) is 4.75. The number of thioether (sulfide) groups is 1. The molecule has 0 saturated heterocycles. The number of anilines is 3. The van der Waals surface area contributed by atoms with E-state index in [9.17, 15) is 4.79 Å². The van der Waals surface area contributed by atoms with Gasteiger partial charge in [0.2, 0.25) is 0 Å². The number of thiophene rings is 1. The summed E-state index contributed by atoms with van der Waals surface area (Å²) in [6.07, 6.45) is 0.917. The van der Waals surface area contributed by atoms with E-state index in [2.05, 4.69) is 90.5 Å². The SMILES string of the molecule is CCN(CCCNC(=O)c1ccc(N2CC(C)Sc3ccccc32)s1)c1cccc(C)c1. The van der Waals surface area contributed by atoms with Crippen molar-refractivity contribution < 1.29 is 4.79 Å². The Kier molecular flexibility index (Phi) is 7.43. The molecule has 1 unspecified atom stereocenters. The fourth-order valence-corrected chi connectivity index (χ4v) is 6.10. The maximum atomic E-state index is 12.7. The lowest BCUT2D eigenvalue weighted by atomic mass is 10.2. The molecule has 3 aromatic rings. The highest BCUT2D eigenvalue weighted by atomic mass is 32.2. The minimum Gasteiger partial charge on any atom is -0.372 e. The third kappa shape index (κ3) is 5.30. The first-order valence-corrected chi connectivity index (χ1v) is 13.0. The van der Waals surface area contributed by atoms with E-state index >= 15 is 0 Å². The molecule has 1 aliphatic rings. The van der Waals surface area contributed by atoms with Crippen LogP contribution in [0.5, 0.6) is 0 Å². The van der Waals surface area contributed by atoms with Gasteiger partial charge in [-0.25, -0.2) is 0 Å². The average Bonchev–Trinajstić information content (AvgIpc) is 3.28. The summed E-state index contributed by atoms with van der Waals surface area (Å²) >= 11 is 3.49. The summed E-state index contributed by atoms with van der Waals surface area (Å²) in [6.45, 7) is 10.1. The number of rotatable bonds is 8. The number of carbonyl (C=O) groups is 1. The van der Waals surface area contributed by atoms with Gasteiger partial charge in [-0.15, -0.1) is 23.1 Å². The van der Waals surface area contributed by atoms with Crippen LogP contribution in [-0.2, 0) is 0 Å². The molecule has 6 heteroatoms. The van der Waals surface area contributed by atoms with Crippen LogP contribution in [0.4, 0.5) is 16.4 Å². The number of carbonyl (C=O) groups excluding carboxylic acids is 1. The van der Waals surface area contributed by atoms with E-state index in [0.29, 0.717) is 11.8 Å². The quantitative estimate of drug-likeness (QED) is 0.394. The highest BCUT2D eigenvalue weighted by Gasteiger charge is 2.24. The summed E-state index contributed by atoms with van der Waals surface area (Å²) in [7, 11) is 0. The van der Waals surface area contributed by atoms with Gasteiger partial charge in [0.05, 0.1) is 15.6 Å². The Morgan fingerprint density at radius 2 is 2.00 bits per heavy atom. The third-order valence-electron chi connectivity index (χ3n) is 5.64. The van der Waals surface area contributed by atoms with Gasteiger partial charge < -0.3 is 15.1 Å². The lowest BCUT2D eigenvalue weighted by molar-refractivity contribution is 0.0957. The second-order valence-corrected chi connectivity index (χ2v) is 10.7. The van der Waals surface area contributed by atoms with Crippen LogP contribution >= 0.6 is 23.1 Å². The van der Waals surface area contributed by atoms with Crippen LogP contribution in [-0.4, -0.2) is 37.3 Å². The van der Waals surface area contributed by atoms with Crippen LogP contribution < -0.4 is 15.1 Å². The van der Waals surface area contributed by atoms with Crippen LogP contribution in [0.1, 0.15) is 35.5 Å². The van der Waals surface area contributed by atoms with E-state index < -0.39 is 0 Å². The van der Waals surface area contributed by atoms with Crippen LogP contribution in [0.15, 0.2) is 65.6 Å². The third-order valence-corrected chi connectivity index (χ3v) is 7.90. The van der Waals surface area contributed by atoms with Crippen molar-refractivity contribution in [2.45, 2.75) is 37.3 Å². The Morgan fingerprint density at radius 1 is 1.16 bits per heavy atom. The maximum absolute atomic E-state index is 12.7. The topological polar surface area (TPSA) is 35.6 Å². The lowest BCUT2D eigenvalue weighted by Crippen LogP contribution is -2.29. The first-order valence-electron chi connectivity index (χ1n) is 11.3. The Labute approximate surface area is 199 Å². The zero-order valence-electron chi connectivity index (χ0n) is 19.0. The van der Waals surface area contributed by atoms with E-state index in [1.54, 1.807) is 11.3 Å². The molecule has 1 atom stereocenters. The number of aryl methyl sites for hydroxylation is 1. The largest absolute Gasteiger partial charge is 0.372 e. The van der Waals surface area contributed by atoms with E-state index in [1.807, 2.05) is 17.8 Å². The average molecular weight is 466 g/mol. The molecule has 168 valence electrons. The molecule has 4 rings (SSSR count). The molecular formula is C26H31N3OS2. The van der Waals surface area contributed by atoms with Gasteiger partial charge in [-0.3, -0.25) is 4.79 Å². The van der Waals surface area contributed by atoms with E-state index in [4.69, 9.17) is 0 Å². The molecular weight excluding hydrogens is 434 g/mol. The zero-order valence-corrected chi connectivity index (χ0v) is 20.6. The minimum absolute atomic E-state index is 0.0209. The molecule has 1 N–H and O–H groups in total. The molecule has 2 heterocycles. The van der Waals surface area contributed by atoms with Crippen LogP contribution in [0.3, 0.4) is 0 Å². The normalized spacial score (nSPS) is 15.3. The molecule has 4 nitrogen and oxygen atoms in total. The van der Waals surface area contributed by atoms with E-state index in [1.165, 1.54) is 21.8 Å². The standard InChI is InChI=1S/C26H31N3OS2/c1-4-28(21-10-7-9-19(2)17-21)16-8-15-27-26(30)24-13-14-25(32-24)29-18-20(3)31-23-12-6-5-11-22(23)29/h5-7,9-14,17,20H,4,8,15-16,18H2,1-3H3,(H,27,30). The van der Waals surface area contributed by atoms with Gasteiger partial charge in [0.25, 0.3) is 5.91 Å². The molecule has 0 aliphatic carbocycles. The van der Waals surface area contributed by atoms with E-state index in [-0.39, 0.29) is 5.91 Å². The smallest absolute Gasteiger partial charge is 0.261 e. The van der Waals surface area contributed by atoms with Crippen molar-refractivity contribution in [3.8, 4) is 0 Å². The molecule has 1 aliphatic heterocycles. The molecule has 0 radical (unpaired) electrons. The molecule has 0 saturated carbocycles. The van der Waals surface area contributed by atoms with Crippen molar-refractivity contribution in [2.75, 3.05) is 36.0 Å². The van der Waals surface area contributed by atoms with Gasteiger partial charge in [0.15, 0.2) is 0 Å². The van der Waals surface area contributed by atoms with Crippen molar-refractivity contribution in [1.29, 1.82) is 0 Å². The molecule has 0 spiro atoms. The molecule has 2 aromatic carbocycles. The number of hydrogen-bond donors (Lipinski definition) is 1. The number of benzene rings is 2. The number of amides is 1. The number of fused-ring (bicyclic) bond motifs is 1. The van der Waals surface area contributed by atoms with Crippen molar-refractivity contribution in [3.05, 3.63) is 71.1 Å². The molecule has 1 amide bonds. The summed E-state index contributed by atoms with van der Waals surface area (Å²) in [5.41, 5.74) is 3.75. The van der Waals surface area contributed by atoms with Crippen LogP contribution in [0.25, 0.3) is 0 Å². The highest BCUT2D eigenvalue weighted by molar-refractivity contribution is 8.00. The fraction of sp³-hybridized carbons (Fsp3) is 0.346. The van der Waals surface area contributed by atoms with Crippen LogP contribution in [0.2, 0.25) is 0 Å². The van der Waals surface area contributed by atoms with Gasteiger partial charge in [-0.05, 0) is 62.2 Å². The second-order valence-electron chi connectivity index (χ2n) is 8.17. The Balaban J connectivity index is 1.33. The van der Waals surface area contributed by atoms with Gasteiger partial charge in [-0.2, -0.15) is 0 Å². The van der Waals surface area contributed by atoms with Crippen LogP contribution in [0, 0.1) is 6.92 Å².